The number of rotatable bonds is 7. The lowest BCUT2D eigenvalue weighted by Crippen LogP contribution is -2.34. The van der Waals surface area contributed by atoms with Gasteiger partial charge in [-0.15, -0.1) is 0 Å². The molecule has 31 heavy (non-hydrogen) atoms. The van der Waals surface area contributed by atoms with Crippen LogP contribution in [-0.2, 0) is 6.42 Å². The van der Waals surface area contributed by atoms with Gasteiger partial charge in [0.25, 0.3) is 5.91 Å². The van der Waals surface area contributed by atoms with Gasteiger partial charge in [0.1, 0.15) is 22.9 Å². The first-order valence-electron chi connectivity index (χ1n) is 9.67. The Morgan fingerprint density at radius 2 is 1.90 bits per heavy atom. The lowest BCUT2D eigenvalue weighted by molar-refractivity contribution is 0.0760. The molecule has 0 spiro atoms. The summed E-state index contributed by atoms with van der Waals surface area (Å²) in [4.78, 5) is 19.9. The molecule has 0 bridgehead atoms. The molecule has 3 aromatic heterocycles. The Kier molecular flexibility index (Phi) is 5.78. The Hall–Kier alpha value is -3.95. The highest BCUT2D eigenvalue weighted by atomic mass is 19.1. The molecule has 158 valence electrons. The van der Waals surface area contributed by atoms with Crippen molar-refractivity contribution in [2.75, 3.05) is 13.1 Å². The van der Waals surface area contributed by atoms with Crippen LogP contribution in [0.5, 0.6) is 0 Å². The van der Waals surface area contributed by atoms with Gasteiger partial charge in [0.2, 0.25) is 0 Å². The second kappa shape index (κ2) is 8.82. The highest BCUT2D eigenvalue weighted by Crippen LogP contribution is 2.19. The predicted octanol–water partition coefficient (Wildman–Crippen LogP) is 2.83. The maximum Gasteiger partial charge on any atom is 0.259 e. The fourth-order valence-electron chi connectivity index (χ4n) is 3.17. The summed E-state index contributed by atoms with van der Waals surface area (Å²) < 4.78 is 29.2. The number of hydrogen-bond acceptors (Lipinski definition) is 5. The van der Waals surface area contributed by atoms with Crippen molar-refractivity contribution in [3.05, 3.63) is 84.1 Å². The number of aromatic nitrogens is 6. The molecule has 0 radical (unpaired) electrons. The van der Waals surface area contributed by atoms with Crippen LogP contribution < -0.4 is 0 Å². The largest absolute Gasteiger partial charge is 0.338 e. The van der Waals surface area contributed by atoms with Crippen LogP contribution in [0.25, 0.3) is 11.5 Å². The van der Waals surface area contributed by atoms with Gasteiger partial charge in [0.05, 0.1) is 24.3 Å². The average molecular weight is 423 g/mol. The topological polar surface area (TPSA) is 81.7 Å². The van der Waals surface area contributed by atoms with Crippen LogP contribution in [0.1, 0.15) is 23.0 Å². The first kappa shape index (κ1) is 20.3. The van der Waals surface area contributed by atoms with E-state index >= 15 is 0 Å². The first-order valence-corrected chi connectivity index (χ1v) is 9.67. The SMILES string of the molecule is CCN(CCc1ccn(-c2ccc(F)cn2)n1)C(=O)c1c(F)cccc1-n1nccn1. The minimum absolute atomic E-state index is 0.0819. The van der Waals surface area contributed by atoms with E-state index in [1.807, 2.05) is 6.92 Å². The molecule has 0 saturated carbocycles. The van der Waals surface area contributed by atoms with Crippen LogP contribution in [-0.4, -0.2) is 53.7 Å². The Morgan fingerprint density at radius 3 is 2.61 bits per heavy atom. The molecule has 0 unspecified atom stereocenters. The Labute approximate surface area is 176 Å². The summed E-state index contributed by atoms with van der Waals surface area (Å²) in [7, 11) is 0. The van der Waals surface area contributed by atoms with Crippen molar-refractivity contribution in [2.45, 2.75) is 13.3 Å². The molecule has 0 aliphatic heterocycles. The molecule has 0 fully saturated rings. The van der Waals surface area contributed by atoms with E-state index in [-0.39, 0.29) is 11.3 Å². The number of pyridine rings is 1. The van der Waals surface area contributed by atoms with E-state index in [1.54, 1.807) is 23.2 Å². The summed E-state index contributed by atoms with van der Waals surface area (Å²) in [6.07, 6.45) is 6.21. The average Bonchev–Trinajstić information content (AvgIpc) is 3.47. The van der Waals surface area contributed by atoms with Crippen LogP contribution >= 0.6 is 0 Å². The zero-order valence-corrected chi connectivity index (χ0v) is 16.7. The number of nitrogens with zero attached hydrogens (tertiary/aromatic N) is 7. The number of amides is 1. The summed E-state index contributed by atoms with van der Waals surface area (Å²) in [6, 6.07) is 8.98. The molecule has 10 heteroatoms. The van der Waals surface area contributed by atoms with E-state index in [9.17, 15) is 13.6 Å². The van der Waals surface area contributed by atoms with Gasteiger partial charge in [-0.05, 0) is 37.3 Å². The smallest absolute Gasteiger partial charge is 0.259 e. The van der Waals surface area contributed by atoms with Crippen molar-refractivity contribution in [1.82, 2.24) is 34.7 Å². The van der Waals surface area contributed by atoms with Crippen molar-refractivity contribution in [3.63, 3.8) is 0 Å². The maximum atomic E-state index is 14.6. The van der Waals surface area contributed by atoms with Crippen molar-refractivity contribution < 1.29 is 13.6 Å². The molecule has 8 nitrogen and oxygen atoms in total. The van der Waals surface area contributed by atoms with Crippen molar-refractivity contribution in [2.24, 2.45) is 0 Å². The van der Waals surface area contributed by atoms with E-state index in [1.165, 1.54) is 46.1 Å². The predicted molar refractivity (Wildman–Crippen MR) is 108 cm³/mol. The molecule has 4 rings (SSSR count). The van der Waals surface area contributed by atoms with Gasteiger partial charge in [-0.3, -0.25) is 4.79 Å². The van der Waals surface area contributed by atoms with Crippen LogP contribution in [0.2, 0.25) is 0 Å². The number of hydrogen-bond donors (Lipinski definition) is 0. The third kappa shape index (κ3) is 4.32. The summed E-state index contributed by atoms with van der Waals surface area (Å²) >= 11 is 0. The van der Waals surface area contributed by atoms with Gasteiger partial charge in [0.15, 0.2) is 5.82 Å². The zero-order chi connectivity index (χ0) is 21.8. The fourth-order valence-corrected chi connectivity index (χ4v) is 3.17. The number of halogens is 2. The van der Waals surface area contributed by atoms with Crippen molar-refractivity contribution >= 4 is 5.91 Å². The van der Waals surface area contributed by atoms with Gasteiger partial charge < -0.3 is 4.90 Å². The van der Waals surface area contributed by atoms with E-state index < -0.39 is 17.5 Å². The molecule has 1 aromatic carbocycles. The van der Waals surface area contributed by atoms with Crippen LogP contribution in [0.15, 0.2) is 61.2 Å². The maximum absolute atomic E-state index is 14.6. The molecule has 3 heterocycles. The Morgan fingerprint density at radius 1 is 1.10 bits per heavy atom. The van der Waals surface area contributed by atoms with E-state index in [2.05, 4.69) is 20.3 Å². The van der Waals surface area contributed by atoms with Crippen LogP contribution in [0.4, 0.5) is 8.78 Å². The summed E-state index contributed by atoms with van der Waals surface area (Å²) in [5, 5.41) is 12.4. The van der Waals surface area contributed by atoms with Gasteiger partial charge in [-0.2, -0.15) is 20.1 Å². The summed E-state index contributed by atoms with van der Waals surface area (Å²) in [6.45, 7) is 2.55. The standard InChI is InChI=1S/C21H19F2N7O/c1-2-28(12-8-16-9-13-29(27-16)19-7-6-15(22)14-24-19)21(31)20-17(23)4-3-5-18(20)30-25-10-11-26-30/h3-7,9-11,13-14H,2,8,12H2,1H3. The molecule has 0 aliphatic rings. The first-order chi connectivity index (χ1) is 15.1. The molecular weight excluding hydrogens is 404 g/mol. The normalized spacial score (nSPS) is 10.9. The lowest BCUT2D eigenvalue weighted by Gasteiger charge is -2.22. The Balaban J connectivity index is 1.51. The van der Waals surface area contributed by atoms with Gasteiger partial charge in [-0.25, -0.2) is 18.4 Å². The number of carbonyl (C=O) groups excluding carboxylic acids is 1. The van der Waals surface area contributed by atoms with E-state index in [0.717, 1.165) is 11.9 Å². The Bertz CT molecular complexity index is 1170. The van der Waals surface area contributed by atoms with E-state index in [4.69, 9.17) is 0 Å². The number of benzene rings is 1. The molecule has 0 aliphatic carbocycles. The van der Waals surface area contributed by atoms with Gasteiger partial charge >= 0.3 is 0 Å². The molecule has 0 atom stereocenters. The zero-order valence-electron chi connectivity index (χ0n) is 16.7. The van der Waals surface area contributed by atoms with Gasteiger partial charge in [0, 0.05) is 25.7 Å². The van der Waals surface area contributed by atoms with Crippen molar-refractivity contribution in [1.29, 1.82) is 0 Å². The molecule has 1 amide bonds. The molecule has 0 N–H and O–H groups in total. The van der Waals surface area contributed by atoms with Gasteiger partial charge in [-0.1, -0.05) is 6.07 Å². The number of likely N-dealkylation sites (N-methyl/N-ethyl adjacent to an activating group) is 1. The van der Waals surface area contributed by atoms with Crippen molar-refractivity contribution in [3.8, 4) is 11.5 Å². The molecule has 0 saturated heterocycles. The third-order valence-electron chi connectivity index (χ3n) is 4.74. The highest BCUT2D eigenvalue weighted by Gasteiger charge is 2.23. The highest BCUT2D eigenvalue weighted by molar-refractivity contribution is 5.98. The molecule has 4 aromatic rings. The quantitative estimate of drug-likeness (QED) is 0.457. The minimum Gasteiger partial charge on any atom is -0.338 e. The second-order valence-corrected chi connectivity index (χ2v) is 6.67. The molecular formula is C21H19F2N7O. The lowest BCUT2D eigenvalue weighted by atomic mass is 10.1. The third-order valence-corrected chi connectivity index (χ3v) is 4.74. The summed E-state index contributed by atoms with van der Waals surface area (Å²) in [5.41, 5.74) is 0.918. The minimum atomic E-state index is -0.634. The number of carbonyl (C=O) groups is 1. The fraction of sp³-hybridized carbons (Fsp3) is 0.190. The van der Waals surface area contributed by atoms with E-state index in [0.29, 0.717) is 25.3 Å². The summed E-state index contributed by atoms with van der Waals surface area (Å²) in [5.74, 6) is -1.03. The monoisotopic (exact) mass is 423 g/mol. The van der Waals surface area contributed by atoms with Crippen LogP contribution in [0.3, 0.4) is 0 Å². The second-order valence-electron chi connectivity index (χ2n) is 6.67. The van der Waals surface area contributed by atoms with Crippen LogP contribution in [0, 0.1) is 11.6 Å².